The fraction of sp³-hybridized carbons (Fsp3) is 0.471. The molecule has 1 N–H and O–H groups in total. The van der Waals surface area contributed by atoms with Crippen LogP contribution in [0.5, 0.6) is 5.75 Å². The number of aliphatic carboxylic acids is 1. The summed E-state index contributed by atoms with van der Waals surface area (Å²) in [5.41, 5.74) is 6.08. The highest BCUT2D eigenvalue weighted by Gasteiger charge is 2.39. The minimum absolute atomic E-state index is 0.0670. The van der Waals surface area contributed by atoms with Crippen molar-refractivity contribution in [2.75, 3.05) is 10.6 Å². The van der Waals surface area contributed by atoms with Gasteiger partial charge >= 0.3 is 5.97 Å². The molecule has 1 atom stereocenters. The SMILES string of the molecule is Cc1ccc(-c2c(C)c3c(c(C)c2[C@H](OC(C)(C)C)C(=O)O)N(S(C)(=O)=O)Cc2cc(OC4CCCCC4)cnc2-3)cc1. The number of aryl methyl sites for hydroxylation is 1. The zero-order valence-corrected chi connectivity index (χ0v) is 27.0. The highest BCUT2D eigenvalue weighted by Crippen LogP contribution is 2.51. The van der Waals surface area contributed by atoms with Crippen LogP contribution in [0.3, 0.4) is 0 Å². The zero-order valence-electron chi connectivity index (χ0n) is 26.2. The molecule has 43 heavy (non-hydrogen) atoms. The third-order valence-corrected chi connectivity index (χ3v) is 9.42. The van der Waals surface area contributed by atoms with Crippen LogP contribution in [0.15, 0.2) is 36.5 Å². The fourth-order valence-corrected chi connectivity index (χ4v) is 7.34. The Morgan fingerprint density at radius 2 is 1.67 bits per heavy atom. The van der Waals surface area contributed by atoms with E-state index < -0.39 is 27.7 Å². The molecule has 2 heterocycles. The number of sulfonamides is 1. The number of hydrogen-bond donors (Lipinski definition) is 1. The van der Waals surface area contributed by atoms with E-state index in [1.165, 1.54) is 17.0 Å². The molecule has 1 aliphatic heterocycles. The molecular formula is C34H42N2O6S. The van der Waals surface area contributed by atoms with Gasteiger partial charge in [0.25, 0.3) is 0 Å². The lowest BCUT2D eigenvalue weighted by Gasteiger charge is -2.37. The average molecular weight is 607 g/mol. The van der Waals surface area contributed by atoms with E-state index in [0.717, 1.165) is 47.9 Å². The van der Waals surface area contributed by atoms with E-state index in [4.69, 9.17) is 14.5 Å². The molecule has 0 saturated heterocycles. The molecule has 1 aromatic heterocycles. The molecule has 9 heteroatoms. The monoisotopic (exact) mass is 606 g/mol. The molecule has 1 saturated carbocycles. The van der Waals surface area contributed by atoms with Gasteiger partial charge < -0.3 is 14.6 Å². The van der Waals surface area contributed by atoms with Crippen molar-refractivity contribution >= 4 is 21.7 Å². The Labute approximate surface area is 255 Å². The Hall–Kier alpha value is -3.43. The lowest BCUT2D eigenvalue weighted by molar-refractivity contribution is -0.160. The molecule has 3 aromatic rings. The molecule has 0 unspecified atom stereocenters. The molecule has 5 rings (SSSR count). The van der Waals surface area contributed by atoms with Gasteiger partial charge in [-0.05, 0) is 95.5 Å². The van der Waals surface area contributed by atoms with Crippen LogP contribution in [0.2, 0.25) is 0 Å². The summed E-state index contributed by atoms with van der Waals surface area (Å²) in [7, 11) is -3.77. The van der Waals surface area contributed by atoms with E-state index in [2.05, 4.69) is 0 Å². The number of benzene rings is 2. The van der Waals surface area contributed by atoms with E-state index in [1.807, 2.05) is 65.0 Å². The van der Waals surface area contributed by atoms with E-state index in [0.29, 0.717) is 39.4 Å². The van der Waals surface area contributed by atoms with Gasteiger partial charge in [0.2, 0.25) is 10.0 Å². The Balaban J connectivity index is 1.80. The number of aromatic nitrogens is 1. The lowest BCUT2D eigenvalue weighted by Crippen LogP contribution is -2.35. The summed E-state index contributed by atoms with van der Waals surface area (Å²) in [6.07, 6.45) is 7.19. The van der Waals surface area contributed by atoms with E-state index >= 15 is 0 Å². The number of carboxylic acids is 1. The first-order valence-electron chi connectivity index (χ1n) is 14.9. The van der Waals surface area contributed by atoms with Crippen LogP contribution < -0.4 is 9.04 Å². The summed E-state index contributed by atoms with van der Waals surface area (Å²) in [5, 5.41) is 10.5. The lowest BCUT2D eigenvalue weighted by atomic mass is 9.81. The van der Waals surface area contributed by atoms with E-state index in [1.54, 1.807) is 13.1 Å². The molecule has 8 nitrogen and oxygen atoms in total. The van der Waals surface area contributed by atoms with E-state index in [9.17, 15) is 18.3 Å². The smallest absolute Gasteiger partial charge is 0.337 e. The standard InChI is InChI=1S/C34H42N2O6S/c1-20-13-15-23(16-14-20)27-21(2)29-30-24(17-26(18-35-30)41-25-11-9-8-10-12-25)19-36(43(7,39)40)31(29)22(3)28(27)32(33(37)38)42-34(4,5)6/h13-18,25,32H,8-12,19H2,1-7H3,(H,37,38)/t32-/m0/s1. The topological polar surface area (TPSA) is 106 Å². The van der Waals surface area contributed by atoms with E-state index in [-0.39, 0.29) is 12.6 Å². The van der Waals surface area contributed by atoms with Crippen LogP contribution >= 0.6 is 0 Å². The van der Waals surface area contributed by atoms with Crippen molar-refractivity contribution < 1.29 is 27.8 Å². The van der Waals surface area contributed by atoms with Crippen molar-refractivity contribution in [3.05, 3.63) is 64.3 Å². The van der Waals surface area contributed by atoms with Crippen LogP contribution in [0, 0.1) is 20.8 Å². The number of rotatable bonds is 7. The van der Waals surface area contributed by atoms with Crippen LogP contribution in [0.1, 0.15) is 86.8 Å². The Kier molecular flexibility index (Phi) is 8.35. The highest BCUT2D eigenvalue weighted by molar-refractivity contribution is 7.92. The minimum Gasteiger partial charge on any atom is -0.489 e. The van der Waals surface area contributed by atoms with Crippen molar-refractivity contribution in [1.29, 1.82) is 0 Å². The Morgan fingerprint density at radius 3 is 2.26 bits per heavy atom. The van der Waals surface area contributed by atoms with Crippen LogP contribution in [-0.4, -0.2) is 42.4 Å². The molecule has 0 amide bonds. The number of ether oxygens (including phenoxy) is 2. The summed E-state index contributed by atoms with van der Waals surface area (Å²) in [5.74, 6) is -0.507. The number of anilines is 1. The van der Waals surface area contributed by atoms with Crippen LogP contribution in [0.25, 0.3) is 22.4 Å². The predicted molar refractivity (Wildman–Crippen MR) is 169 cm³/mol. The van der Waals surface area contributed by atoms with Gasteiger partial charge in [0.05, 0.1) is 42.1 Å². The molecule has 0 radical (unpaired) electrons. The molecule has 0 spiro atoms. The molecule has 1 aliphatic carbocycles. The molecule has 0 bridgehead atoms. The molecule has 230 valence electrons. The van der Waals surface area contributed by atoms with Crippen molar-refractivity contribution in [2.24, 2.45) is 0 Å². The summed E-state index contributed by atoms with van der Waals surface area (Å²) >= 11 is 0. The normalized spacial score (nSPS) is 16.4. The summed E-state index contributed by atoms with van der Waals surface area (Å²) in [6.45, 7) is 11.2. The van der Waals surface area contributed by atoms with Gasteiger partial charge in [0.1, 0.15) is 5.75 Å². The number of nitrogens with zero attached hydrogens (tertiary/aromatic N) is 2. The van der Waals surface area contributed by atoms with Gasteiger partial charge in [-0.3, -0.25) is 9.29 Å². The second-order valence-corrected chi connectivity index (χ2v) is 14.8. The number of carboxylic acid groups (broad SMARTS) is 1. The number of pyridine rings is 1. The van der Waals surface area contributed by atoms with Crippen molar-refractivity contribution in [2.45, 2.75) is 98.0 Å². The first-order valence-corrected chi connectivity index (χ1v) is 16.8. The molecule has 1 fully saturated rings. The first kappa shape index (κ1) is 31.0. The van der Waals surface area contributed by atoms with Gasteiger partial charge in [-0.1, -0.05) is 36.2 Å². The summed E-state index contributed by atoms with van der Waals surface area (Å²) in [4.78, 5) is 17.7. The fourth-order valence-electron chi connectivity index (χ4n) is 6.41. The van der Waals surface area contributed by atoms with Crippen LogP contribution in [0.4, 0.5) is 5.69 Å². The zero-order chi connectivity index (χ0) is 31.3. The van der Waals surface area contributed by atoms with Gasteiger partial charge in [0, 0.05) is 16.7 Å². The maximum Gasteiger partial charge on any atom is 0.337 e. The van der Waals surface area contributed by atoms with Crippen molar-refractivity contribution in [1.82, 2.24) is 4.98 Å². The second-order valence-electron chi connectivity index (χ2n) is 12.9. The number of hydrogen-bond acceptors (Lipinski definition) is 6. The molecule has 2 aliphatic rings. The van der Waals surface area contributed by atoms with Gasteiger partial charge in [-0.2, -0.15) is 0 Å². The van der Waals surface area contributed by atoms with Crippen molar-refractivity contribution in [3.8, 4) is 28.1 Å². The average Bonchev–Trinajstić information content (AvgIpc) is 2.93. The van der Waals surface area contributed by atoms with Crippen molar-refractivity contribution in [3.63, 3.8) is 0 Å². The third-order valence-electron chi connectivity index (χ3n) is 8.31. The maximum absolute atomic E-state index is 13.4. The minimum atomic E-state index is -3.77. The first-order chi connectivity index (χ1) is 20.2. The second kappa shape index (κ2) is 11.6. The maximum atomic E-state index is 13.4. The quantitative estimate of drug-likeness (QED) is 0.301. The molecule has 2 aromatic carbocycles. The summed E-state index contributed by atoms with van der Waals surface area (Å²) < 4.78 is 40.6. The van der Waals surface area contributed by atoms with Gasteiger partial charge in [-0.25, -0.2) is 13.2 Å². The Bertz CT molecular complexity index is 1650. The van der Waals surface area contributed by atoms with Gasteiger partial charge in [-0.15, -0.1) is 0 Å². The third kappa shape index (κ3) is 6.29. The largest absolute Gasteiger partial charge is 0.489 e. The number of fused-ring (bicyclic) bond motifs is 3. The number of carbonyl (C=O) groups is 1. The highest BCUT2D eigenvalue weighted by atomic mass is 32.2. The van der Waals surface area contributed by atoms with Crippen LogP contribution in [-0.2, 0) is 26.1 Å². The predicted octanol–water partition coefficient (Wildman–Crippen LogP) is 7.27. The Morgan fingerprint density at radius 1 is 1.02 bits per heavy atom. The summed E-state index contributed by atoms with van der Waals surface area (Å²) in [6, 6.07) is 9.81. The van der Waals surface area contributed by atoms with Gasteiger partial charge in [0.15, 0.2) is 6.10 Å². The molecular weight excluding hydrogens is 564 g/mol.